The number of carbonyl (C=O) groups excluding carboxylic acids is 1. The van der Waals surface area contributed by atoms with E-state index in [0.29, 0.717) is 5.69 Å². The second-order valence-electron chi connectivity index (χ2n) is 4.56. The molecular formula is C15H20N4OS. The summed E-state index contributed by atoms with van der Waals surface area (Å²) in [6.45, 7) is 5.97. The van der Waals surface area contributed by atoms with E-state index in [1.165, 1.54) is 11.3 Å². The van der Waals surface area contributed by atoms with Crippen molar-refractivity contribution in [3.05, 3.63) is 40.7 Å². The molecular weight excluding hydrogens is 284 g/mol. The van der Waals surface area contributed by atoms with E-state index < -0.39 is 6.04 Å². The molecule has 2 heterocycles. The highest BCUT2D eigenvalue weighted by Crippen LogP contribution is 2.19. The zero-order valence-electron chi connectivity index (χ0n) is 12.2. The van der Waals surface area contributed by atoms with Crippen LogP contribution in [0.2, 0.25) is 0 Å². The van der Waals surface area contributed by atoms with Crippen molar-refractivity contribution in [2.75, 3.05) is 23.3 Å². The molecule has 0 bridgehead atoms. The van der Waals surface area contributed by atoms with Crippen LogP contribution in [0.3, 0.4) is 0 Å². The maximum Gasteiger partial charge on any atom is 0.246 e. The molecule has 0 aliphatic heterocycles. The van der Waals surface area contributed by atoms with Crippen molar-refractivity contribution < 1.29 is 4.79 Å². The highest BCUT2D eigenvalue weighted by molar-refractivity contribution is 7.10. The Morgan fingerprint density at radius 2 is 2.14 bits per heavy atom. The van der Waals surface area contributed by atoms with E-state index in [0.717, 1.165) is 23.8 Å². The van der Waals surface area contributed by atoms with Crippen LogP contribution in [0.25, 0.3) is 0 Å². The highest BCUT2D eigenvalue weighted by atomic mass is 32.1. The summed E-state index contributed by atoms with van der Waals surface area (Å²) in [7, 11) is 0. The number of hydrogen-bond acceptors (Lipinski definition) is 5. The summed E-state index contributed by atoms with van der Waals surface area (Å²) in [5.41, 5.74) is 6.58. The lowest BCUT2D eigenvalue weighted by molar-refractivity contribution is -0.117. The van der Waals surface area contributed by atoms with Gasteiger partial charge in [0, 0.05) is 18.0 Å². The van der Waals surface area contributed by atoms with E-state index in [1.54, 1.807) is 6.20 Å². The smallest absolute Gasteiger partial charge is 0.246 e. The molecule has 5 nitrogen and oxygen atoms in total. The maximum atomic E-state index is 12.1. The van der Waals surface area contributed by atoms with E-state index in [4.69, 9.17) is 5.73 Å². The standard InChI is InChI=1S/C15H20N4OS/c1-3-19(4-2)13-8-7-11(10-17-13)18-15(20)14(16)12-6-5-9-21-12/h5-10,14H,3-4,16H2,1-2H3,(H,18,20). The normalized spacial score (nSPS) is 12.0. The van der Waals surface area contributed by atoms with Gasteiger partial charge in [-0.25, -0.2) is 4.98 Å². The van der Waals surface area contributed by atoms with Crippen molar-refractivity contribution in [2.24, 2.45) is 5.73 Å². The lowest BCUT2D eigenvalue weighted by Gasteiger charge is -2.19. The van der Waals surface area contributed by atoms with Crippen LogP contribution < -0.4 is 16.0 Å². The minimum Gasteiger partial charge on any atom is -0.357 e. The van der Waals surface area contributed by atoms with Crippen molar-refractivity contribution in [3.8, 4) is 0 Å². The number of pyridine rings is 1. The fraction of sp³-hybridized carbons (Fsp3) is 0.333. The summed E-state index contributed by atoms with van der Waals surface area (Å²) in [6, 6.07) is 6.84. The van der Waals surface area contributed by atoms with Gasteiger partial charge in [0.1, 0.15) is 11.9 Å². The second kappa shape index (κ2) is 7.19. The van der Waals surface area contributed by atoms with Crippen LogP contribution in [0.4, 0.5) is 11.5 Å². The first kappa shape index (κ1) is 15.5. The van der Waals surface area contributed by atoms with Crippen molar-refractivity contribution in [1.29, 1.82) is 0 Å². The predicted molar refractivity (Wildman–Crippen MR) is 87.7 cm³/mol. The summed E-state index contributed by atoms with van der Waals surface area (Å²) in [6.07, 6.45) is 1.66. The molecule has 3 N–H and O–H groups in total. The number of thiophene rings is 1. The fourth-order valence-corrected chi connectivity index (χ4v) is 2.74. The number of nitrogens with zero attached hydrogens (tertiary/aromatic N) is 2. The lowest BCUT2D eigenvalue weighted by Crippen LogP contribution is -2.27. The van der Waals surface area contributed by atoms with Gasteiger partial charge in [0.15, 0.2) is 0 Å². The van der Waals surface area contributed by atoms with Crippen LogP contribution in [0.1, 0.15) is 24.8 Å². The number of rotatable bonds is 6. The molecule has 1 unspecified atom stereocenters. The number of nitrogens with one attached hydrogen (secondary N) is 1. The van der Waals surface area contributed by atoms with Crippen LogP contribution in [0, 0.1) is 0 Å². The van der Waals surface area contributed by atoms with Gasteiger partial charge in [-0.1, -0.05) is 6.07 Å². The molecule has 0 fully saturated rings. The molecule has 0 saturated heterocycles. The van der Waals surface area contributed by atoms with Crippen LogP contribution in [-0.2, 0) is 4.79 Å². The number of amides is 1. The molecule has 0 saturated carbocycles. The zero-order valence-corrected chi connectivity index (χ0v) is 13.1. The summed E-state index contributed by atoms with van der Waals surface area (Å²) >= 11 is 1.47. The first-order valence-electron chi connectivity index (χ1n) is 6.96. The van der Waals surface area contributed by atoms with Crippen LogP contribution in [0.15, 0.2) is 35.8 Å². The number of carbonyl (C=O) groups is 1. The molecule has 6 heteroatoms. The van der Waals surface area contributed by atoms with Gasteiger partial charge in [0.25, 0.3) is 0 Å². The number of nitrogens with two attached hydrogens (primary N) is 1. The van der Waals surface area contributed by atoms with Gasteiger partial charge >= 0.3 is 0 Å². The highest BCUT2D eigenvalue weighted by Gasteiger charge is 2.16. The molecule has 2 aromatic heterocycles. The molecule has 0 aliphatic rings. The van der Waals surface area contributed by atoms with Gasteiger partial charge in [0.2, 0.25) is 5.91 Å². The topological polar surface area (TPSA) is 71.2 Å². The molecule has 21 heavy (non-hydrogen) atoms. The monoisotopic (exact) mass is 304 g/mol. The third kappa shape index (κ3) is 3.80. The Hall–Kier alpha value is -1.92. The fourth-order valence-electron chi connectivity index (χ4n) is 2.01. The van der Waals surface area contributed by atoms with E-state index in [9.17, 15) is 4.79 Å². The van der Waals surface area contributed by atoms with E-state index in [-0.39, 0.29) is 5.91 Å². The Balaban J connectivity index is 2.01. The molecule has 1 atom stereocenters. The molecule has 112 valence electrons. The molecule has 0 radical (unpaired) electrons. The van der Waals surface area contributed by atoms with Crippen molar-refractivity contribution in [3.63, 3.8) is 0 Å². The Morgan fingerprint density at radius 1 is 1.38 bits per heavy atom. The number of anilines is 2. The quantitative estimate of drug-likeness (QED) is 0.860. The van der Waals surface area contributed by atoms with E-state index in [1.807, 2.05) is 29.6 Å². The summed E-state index contributed by atoms with van der Waals surface area (Å²) in [4.78, 5) is 19.4. The molecule has 0 aromatic carbocycles. The Kier molecular flexibility index (Phi) is 5.30. The van der Waals surface area contributed by atoms with Gasteiger partial charge in [0.05, 0.1) is 11.9 Å². The maximum absolute atomic E-state index is 12.1. The van der Waals surface area contributed by atoms with Crippen molar-refractivity contribution in [2.45, 2.75) is 19.9 Å². The van der Waals surface area contributed by atoms with Crippen LogP contribution >= 0.6 is 11.3 Å². The molecule has 0 aliphatic carbocycles. The average molecular weight is 304 g/mol. The molecule has 0 spiro atoms. The molecule has 2 aromatic rings. The SMILES string of the molecule is CCN(CC)c1ccc(NC(=O)C(N)c2cccs2)cn1. The predicted octanol–water partition coefficient (Wildman–Crippen LogP) is 2.63. The Bertz CT molecular complexity index is 564. The molecule has 2 rings (SSSR count). The van der Waals surface area contributed by atoms with Crippen LogP contribution in [0.5, 0.6) is 0 Å². The minimum absolute atomic E-state index is 0.227. The summed E-state index contributed by atoms with van der Waals surface area (Å²) in [5.74, 6) is 0.676. The average Bonchev–Trinajstić information content (AvgIpc) is 3.03. The third-order valence-corrected chi connectivity index (χ3v) is 4.19. The largest absolute Gasteiger partial charge is 0.357 e. The van der Waals surface area contributed by atoms with Crippen molar-refractivity contribution >= 4 is 28.7 Å². The van der Waals surface area contributed by atoms with Gasteiger partial charge < -0.3 is 16.0 Å². The Morgan fingerprint density at radius 3 is 2.67 bits per heavy atom. The second-order valence-corrected chi connectivity index (χ2v) is 5.54. The van der Waals surface area contributed by atoms with Gasteiger partial charge in [-0.15, -0.1) is 11.3 Å². The number of aromatic nitrogens is 1. The summed E-state index contributed by atoms with van der Waals surface area (Å²) in [5, 5.41) is 4.70. The van der Waals surface area contributed by atoms with E-state index in [2.05, 4.69) is 29.0 Å². The third-order valence-electron chi connectivity index (χ3n) is 3.24. The first-order valence-corrected chi connectivity index (χ1v) is 7.84. The zero-order chi connectivity index (χ0) is 15.2. The minimum atomic E-state index is -0.646. The first-order chi connectivity index (χ1) is 10.2. The van der Waals surface area contributed by atoms with E-state index >= 15 is 0 Å². The van der Waals surface area contributed by atoms with Crippen molar-refractivity contribution in [1.82, 2.24) is 4.98 Å². The lowest BCUT2D eigenvalue weighted by atomic mass is 10.2. The van der Waals surface area contributed by atoms with Gasteiger partial charge in [-0.05, 0) is 37.4 Å². The summed E-state index contributed by atoms with van der Waals surface area (Å²) < 4.78 is 0. The number of hydrogen-bond donors (Lipinski definition) is 2. The van der Waals surface area contributed by atoms with Crippen LogP contribution in [-0.4, -0.2) is 24.0 Å². The molecule has 1 amide bonds. The van der Waals surface area contributed by atoms with Gasteiger partial charge in [-0.2, -0.15) is 0 Å². The Labute approximate surface area is 128 Å². The van der Waals surface area contributed by atoms with Gasteiger partial charge in [-0.3, -0.25) is 4.79 Å².